The number of likely N-dealkylation sites (N-methyl/N-ethyl adjacent to an activating group) is 1. The summed E-state index contributed by atoms with van der Waals surface area (Å²) in [6.07, 6.45) is -0.829. The lowest BCUT2D eigenvalue weighted by molar-refractivity contribution is 0.0681. The number of rotatable bonds is 5. The third-order valence-electron chi connectivity index (χ3n) is 3.36. The van der Waals surface area contributed by atoms with Crippen LogP contribution in [0.25, 0.3) is 0 Å². The van der Waals surface area contributed by atoms with Gasteiger partial charge in [-0.15, -0.1) is 0 Å². The maximum absolute atomic E-state index is 12.9. The van der Waals surface area contributed by atoms with E-state index in [-0.39, 0.29) is 12.5 Å². The molecule has 2 aromatic rings. The van der Waals surface area contributed by atoms with Gasteiger partial charge in [0, 0.05) is 12.6 Å². The summed E-state index contributed by atoms with van der Waals surface area (Å²) in [6.45, 7) is 0.128. The van der Waals surface area contributed by atoms with Crippen LogP contribution in [0.1, 0.15) is 22.0 Å². The van der Waals surface area contributed by atoms with Gasteiger partial charge in [-0.2, -0.15) is 0 Å². The first-order valence-electron chi connectivity index (χ1n) is 6.84. The van der Waals surface area contributed by atoms with Crippen molar-refractivity contribution in [2.45, 2.75) is 6.10 Å². The summed E-state index contributed by atoms with van der Waals surface area (Å²) in [7, 11) is 3.14. The van der Waals surface area contributed by atoms with E-state index in [9.17, 15) is 14.3 Å². The van der Waals surface area contributed by atoms with Crippen LogP contribution >= 0.6 is 0 Å². The van der Waals surface area contributed by atoms with Gasteiger partial charge in [0.2, 0.25) is 0 Å². The second-order valence-electron chi connectivity index (χ2n) is 4.98. The standard InChI is InChI=1S/C17H18FNO3/c1-19(17(21)12-6-8-14(18)9-7-12)11-16(20)13-4-3-5-15(10-13)22-2/h3-10,16,20H,11H2,1-2H3. The Hall–Kier alpha value is -2.40. The van der Waals surface area contributed by atoms with Crippen LogP contribution in [0.4, 0.5) is 4.39 Å². The largest absolute Gasteiger partial charge is 0.497 e. The molecule has 1 amide bonds. The van der Waals surface area contributed by atoms with Crippen LogP contribution in [0.15, 0.2) is 48.5 Å². The molecule has 0 aliphatic rings. The molecule has 1 unspecified atom stereocenters. The first-order chi connectivity index (χ1) is 10.5. The number of hydrogen-bond acceptors (Lipinski definition) is 3. The minimum absolute atomic E-state index is 0.128. The van der Waals surface area contributed by atoms with Gasteiger partial charge < -0.3 is 14.7 Å². The smallest absolute Gasteiger partial charge is 0.253 e. The summed E-state index contributed by atoms with van der Waals surface area (Å²) in [4.78, 5) is 13.6. The van der Waals surface area contributed by atoms with Crippen molar-refractivity contribution in [1.82, 2.24) is 4.90 Å². The molecule has 1 N–H and O–H groups in total. The number of carbonyl (C=O) groups excluding carboxylic acids is 1. The van der Waals surface area contributed by atoms with Crippen molar-refractivity contribution in [2.75, 3.05) is 20.7 Å². The first kappa shape index (κ1) is 16.0. The lowest BCUT2D eigenvalue weighted by atomic mass is 10.1. The van der Waals surface area contributed by atoms with Crippen molar-refractivity contribution >= 4 is 5.91 Å². The molecule has 0 heterocycles. The summed E-state index contributed by atoms with van der Waals surface area (Å²) in [6, 6.07) is 12.4. The molecule has 4 nitrogen and oxygen atoms in total. The quantitative estimate of drug-likeness (QED) is 0.924. The zero-order valence-corrected chi connectivity index (χ0v) is 12.5. The van der Waals surface area contributed by atoms with Crippen LogP contribution in [0.5, 0.6) is 5.75 Å². The monoisotopic (exact) mass is 303 g/mol. The lowest BCUT2D eigenvalue weighted by Crippen LogP contribution is -2.31. The summed E-state index contributed by atoms with van der Waals surface area (Å²) in [5.41, 5.74) is 1.04. The number of carbonyl (C=O) groups is 1. The Morgan fingerprint density at radius 3 is 2.59 bits per heavy atom. The molecular formula is C17H18FNO3. The highest BCUT2D eigenvalue weighted by Gasteiger charge is 2.17. The molecule has 1 atom stereocenters. The van der Waals surface area contributed by atoms with Gasteiger partial charge in [0.05, 0.1) is 19.8 Å². The number of amides is 1. The maximum Gasteiger partial charge on any atom is 0.253 e. The summed E-state index contributed by atoms with van der Waals surface area (Å²) >= 11 is 0. The molecule has 5 heteroatoms. The number of methoxy groups -OCH3 is 1. The molecule has 0 aliphatic heterocycles. The minimum atomic E-state index is -0.829. The molecule has 0 aliphatic carbocycles. The summed E-state index contributed by atoms with van der Waals surface area (Å²) in [5, 5.41) is 10.2. The van der Waals surface area contributed by atoms with E-state index in [1.54, 1.807) is 38.4 Å². The number of benzene rings is 2. The molecule has 0 radical (unpaired) electrons. The first-order valence-corrected chi connectivity index (χ1v) is 6.84. The molecular weight excluding hydrogens is 285 g/mol. The highest BCUT2D eigenvalue weighted by Crippen LogP contribution is 2.20. The SMILES string of the molecule is COc1cccc(C(O)CN(C)C(=O)c2ccc(F)cc2)c1. The van der Waals surface area contributed by atoms with Crippen molar-refractivity contribution in [3.63, 3.8) is 0 Å². The molecule has 116 valence electrons. The fraction of sp³-hybridized carbons (Fsp3) is 0.235. The number of ether oxygens (including phenoxy) is 1. The van der Waals surface area contributed by atoms with E-state index in [4.69, 9.17) is 4.74 Å². The number of hydrogen-bond donors (Lipinski definition) is 1. The van der Waals surface area contributed by atoms with E-state index in [2.05, 4.69) is 0 Å². The average Bonchev–Trinajstić information content (AvgIpc) is 2.54. The molecule has 0 bridgehead atoms. The van der Waals surface area contributed by atoms with Crippen LogP contribution in [0.3, 0.4) is 0 Å². The van der Waals surface area contributed by atoms with Gasteiger partial charge in [-0.3, -0.25) is 4.79 Å². The lowest BCUT2D eigenvalue weighted by Gasteiger charge is -2.21. The highest BCUT2D eigenvalue weighted by molar-refractivity contribution is 5.94. The van der Waals surface area contributed by atoms with Gasteiger partial charge in [0.25, 0.3) is 5.91 Å². The van der Waals surface area contributed by atoms with Crippen LogP contribution in [0, 0.1) is 5.82 Å². The van der Waals surface area contributed by atoms with Gasteiger partial charge in [-0.25, -0.2) is 4.39 Å². The Morgan fingerprint density at radius 2 is 1.95 bits per heavy atom. The van der Waals surface area contributed by atoms with Crippen molar-refractivity contribution in [3.05, 3.63) is 65.5 Å². The molecule has 2 aromatic carbocycles. The zero-order valence-electron chi connectivity index (χ0n) is 12.5. The van der Waals surface area contributed by atoms with E-state index < -0.39 is 11.9 Å². The molecule has 0 aromatic heterocycles. The minimum Gasteiger partial charge on any atom is -0.497 e. The van der Waals surface area contributed by atoms with E-state index in [1.807, 2.05) is 0 Å². The van der Waals surface area contributed by atoms with Gasteiger partial charge in [-0.05, 0) is 42.0 Å². The molecule has 0 saturated heterocycles. The fourth-order valence-corrected chi connectivity index (χ4v) is 2.11. The topological polar surface area (TPSA) is 49.8 Å². The van der Waals surface area contributed by atoms with Crippen LogP contribution < -0.4 is 4.74 Å². The summed E-state index contributed by atoms with van der Waals surface area (Å²) in [5.74, 6) is -0.0263. The van der Waals surface area contributed by atoms with Crippen LogP contribution in [0.2, 0.25) is 0 Å². The van der Waals surface area contributed by atoms with Crippen molar-refractivity contribution in [2.24, 2.45) is 0 Å². The molecule has 0 saturated carbocycles. The Morgan fingerprint density at radius 1 is 1.27 bits per heavy atom. The predicted molar refractivity (Wildman–Crippen MR) is 81.3 cm³/mol. The molecule has 22 heavy (non-hydrogen) atoms. The van der Waals surface area contributed by atoms with Crippen LogP contribution in [-0.4, -0.2) is 36.6 Å². The Kier molecular flexibility index (Phi) is 5.12. The Balaban J connectivity index is 2.05. The zero-order chi connectivity index (χ0) is 16.1. The van der Waals surface area contributed by atoms with E-state index >= 15 is 0 Å². The van der Waals surface area contributed by atoms with Crippen molar-refractivity contribution in [3.8, 4) is 5.75 Å². The van der Waals surface area contributed by atoms with E-state index in [1.165, 1.54) is 29.2 Å². The van der Waals surface area contributed by atoms with Gasteiger partial charge >= 0.3 is 0 Å². The highest BCUT2D eigenvalue weighted by atomic mass is 19.1. The third kappa shape index (κ3) is 3.83. The van der Waals surface area contributed by atoms with Gasteiger partial charge in [0.15, 0.2) is 0 Å². The fourth-order valence-electron chi connectivity index (χ4n) is 2.11. The van der Waals surface area contributed by atoms with Crippen molar-refractivity contribution < 1.29 is 19.0 Å². The van der Waals surface area contributed by atoms with Crippen molar-refractivity contribution in [1.29, 1.82) is 0 Å². The van der Waals surface area contributed by atoms with E-state index in [0.29, 0.717) is 16.9 Å². The Labute approximate surface area is 128 Å². The predicted octanol–water partition coefficient (Wildman–Crippen LogP) is 2.64. The molecule has 0 spiro atoms. The second kappa shape index (κ2) is 7.04. The van der Waals surface area contributed by atoms with E-state index in [0.717, 1.165) is 0 Å². The molecule has 2 rings (SSSR count). The number of aliphatic hydroxyl groups excluding tert-OH is 1. The normalized spacial score (nSPS) is 11.8. The van der Waals surface area contributed by atoms with Crippen LogP contribution in [-0.2, 0) is 0 Å². The average molecular weight is 303 g/mol. The Bertz CT molecular complexity index is 643. The maximum atomic E-state index is 12.9. The number of halogens is 1. The second-order valence-corrected chi connectivity index (χ2v) is 4.98. The van der Waals surface area contributed by atoms with Gasteiger partial charge in [-0.1, -0.05) is 12.1 Å². The number of aliphatic hydroxyl groups is 1. The summed E-state index contributed by atoms with van der Waals surface area (Å²) < 4.78 is 18.0. The third-order valence-corrected chi connectivity index (χ3v) is 3.36. The molecule has 0 fully saturated rings. The van der Waals surface area contributed by atoms with Gasteiger partial charge in [0.1, 0.15) is 11.6 Å². The number of nitrogens with zero attached hydrogens (tertiary/aromatic N) is 1.